The number of benzene rings is 4. The predicted molar refractivity (Wildman–Crippen MR) is 169 cm³/mol. The Kier molecular flexibility index (Phi) is 9.30. The molecule has 0 bridgehead atoms. The lowest BCUT2D eigenvalue weighted by atomic mass is 9.98. The number of aromatic nitrogens is 2. The average Bonchev–Trinajstić information content (AvgIpc) is 3.49. The number of hydrogen-bond donors (Lipinski definition) is 3. The number of rotatable bonds is 11. The first-order valence-electron chi connectivity index (χ1n) is 15.0. The second-order valence-electron chi connectivity index (χ2n) is 11.2. The van der Waals surface area contributed by atoms with Gasteiger partial charge in [0.1, 0.15) is 0 Å². The molecule has 9 heteroatoms. The number of imidazole rings is 1. The van der Waals surface area contributed by atoms with E-state index in [1.54, 1.807) is 0 Å². The summed E-state index contributed by atoms with van der Waals surface area (Å²) in [6, 6.07) is 31.9. The van der Waals surface area contributed by atoms with Crippen LogP contribution in [0.25, 0.3) is 22.2 Å². The lowest BCUT2D eigenvalue weighted by Gasteiger charge is -2.36. The third-order valence-electron chi connectivity index (χ3n) is 8.02. The van der Waals surface area contributed by atoms with E-state index in [4.69, 9.17) is 14.6 Å². The Morgan fingerprint density at radius 3 is 2.42 bits per heavy atom. The molecule has 2 heterocycles. The number of carboxylic acids is 1. The van der Waals surface area contributed by atoms with Crippen molar-refractivity contribution in [3.8, 4) is 11.1 Å². The molecule has 230 valence electrons. The molecule has 1 fully saturated rings. The first kappa shape index (κ1) is 30.2. The van der Waals surface area contributed by atoms with E-state index in [9.17, 15) is 14.7 Å². The molecule has 1 amide bonds. The fourth-order valence-corrected chi connectivity index (χ4v) is 5.64. The van der Waals surface area contributed by atoms with Crippen molar-refractivity contribution in [3.05, 3.63) is 126 Å². The van der Waals surface area contributed by atoms with Crippen LogP contribution in [0.15, 0.2) is 103 Å². The van der Waals surface area contributed by atoms with E-state index in [-0.39, 0.29) is 37.6 Å². The number of carbonyl (C=O) groups excluding carboxylic acids is 1. The number of aliphatic carboxylic acids is 1. The zero-order valence-corrected chi connectivity index (χ0v) is 24.7. The molecule has 1 saturated heterocycles. The molecular weight excluding hydrogens is 570 g/mol. The molecule has 0 saturated carbocycles. The molecule has 3 unspecified atom stereocenters. The summed E-state index contributed by atoms with van der Waals surface area (Å²) >= 11 is 0. The zero-order valence-electron chi connectivity index (χ0n) is 24.7. The van der Waals surface area contributed by atoms with Crippen LogP contribution in [-0.4, -0.2) is 37.7 Å². The van der Waals surface area contributed by atoms with Crippen LogP contribution in [0.2, 0.25) is 0 Å². The minimum absolute atomic E-state index is 0.0149. The summed E-state index contributed by atoms with van der Waals surface area (Å²) in [5.41, 5.74) is 7.60. The maximum atomic E-state index is 12.0. The monoisotopic (exact) mass is 605 g/mol. The highest BCUT2D eigenvalue weighted by molar-refractivity contribution is 5.80. The van der Waals surface area contributed by atoms with Gasteiger partial charge in [-0.2, -0.15) is 0 Å². The fourth-order valence-electron chi connectivity index (χ4n) is 5.64. The minimum Gasteiger partial charge on any atom is -0.481 e. The number of carbonyl (C=O) groups is 2. The molecule has 6 rings (SSSR count). The van der Waals surface area contributed by atoms with Gasteiger partial charge in [-0.1, -0.05) is 72.8 Å². The molecule has 3 N–H and O–H groups in total. The highest BCUT2D eigenvalue weighted by Gasteiger charge is 2.33. The van der Waals surface area contributed by atoms with E-state index < -0.39 is 12.3 Å². The van der Waals surface area contributed by atoms with Gasteiger partial charge in [-0.25, -0.2) is 4.98 Å². The Hall–Kier alpha value is -4.83. The summed E-state index contributed by atoms with van der Waals surface area (Å²) in [6.45, 7) is 0.909. The second-order valence-corrected chi connectivity index (χ2v) is 11.2. The maximum absolute atomic E-state index is 12.0. The summed E-state index contributed by atoms with van der Waals surface area (Å²) in [7, 11) is 0. The van der Waals surface area contributed by atoms with Crippen LogP contribution < -0.4 is 5.32 Å². The molecule has 3 atom stereocenters. The third kappa shape index (κ3) is 7.46. The van der Waals surface area contributed by atoms with E-state index in [1.165, 1.54) is 0 Å². The number of amides is 1. The lowest BCUT2D eigenvalue weighted by Crippen LogP contribution is -2.32. The van der Waals surface area contributed by atoms with Crippen LogP contribution in [-0.2, 0) is 38.8 Å². The van der Waals surface area contributed by atoms with Crippen molar-refractivity contribution in [3.63, 3.8) is 0 Å². The van der Waals surface area contributed by atoms with E-state index >= 15 is 0 Å². The van der Waals surface area contributed by atoms with Crippen LogP contribution in [0, 0.1) is 0 Å². The molecule has 45 heavy (non-hydrogen) atoms. The van der Waals surface area contributed by atoms with Crippen molar-refractivity contribution in [2.24, 2.45) is 0 Å². The van der Waals surface area contributed by atoms with Gasteiger partial charge in [-0.15, -0.1) is 0 Å². The van der Waals surface area contributed by atoms with E-state index in [0.717, 1.165) is 44.4 Å². The van der Waals surface area contributed by atoms with Gasteiger partial charge in [0.05, 0.1) is 49.1 Å². The van der Waals surface area contributed by atoms with Crippen LogP contribution >= 0.6 is 0 Å². The van der Waals surface area contributed by atoms with Crippen LogP contribution in [0.4, 0.5) is 0 Å². The lowest BCUT2D eigenvalue weighted by molar-refractivity contribution is -0.252. The van der Waals surface area contributed by atoms with Crippen LogP contribution in [0.5, 0.6) is 0 Å². The summed E-state index contributed by atoms with van der Waals surface area (Å²) in [6.07, 6.45) is 1.28. The van der Waals surface area contributed by atoms with Gasteiger partial charge in [0.2, 0.25) is 5.91 Å². The number of nitrogens with zero attached hydrogens (tertiary/aromatic N) is 2. The van der Waals surface area contributed by atoms with Crippen molar-refractivity contribution in [1.82, 2.24) is 14.9 Å². The molecule has 0 radical (unpaired) electrons. The van der Waals surface area contributed by atoms with Gasteiger partial charge < -0.3 is 29.6 Å². The Labute approximate surface area is 261 Å². The summed E-state index contributed by atoms with van der Waals surface area (Å²) in [5, 5.41) is 21.1. The zero-order chi connectivity index (χ0) is 31.2. The average molecular weight is 606 g/mol. The Bertz CT molecular complexity index is 1780. The Morgan fingerprint density at radius 1 is 0.844 bits per heavy atom. The molecule has 4 aromatic carbocycles. The van der Waals surface area contributed by atoms with E-state index in [2.05, 4.69) is 27.0 Å². The van der Waals surface area contributed by atoms with Crippen molar-refractivity contribution < 1.29 is 29.3 Å². The quantitative estimate of drug-likeness (QED) is 0.171. The molecule has 1 aliphatic rings. The molecular formula is C36H35N3O6. The molecule has 9 nitrogen and oxygen atoms in total. The van der Waals surface area contributed by atoms with Gasteiger partial charge in [-0.05, 0) is 52.1 Å². The number of carboxylic acid groups (broad SMARTS) is 1. The number of hydrogen-bond acceptors (Lipinski definition) is 6. The van der Waals surface area contributed by atoms with E-state index in [1.807, 2.05) is 91.3 Å². The molecule has 0 spiro atoms. The third-order valence-corrected chi connectivity index (χ3v) is 8.02. The van der Waals surface area contributed by atoms with Gasteiger partial charge in [-0.3, -0.25) is 9.59 Å². The van der Waals surface area contributed by atoms with Crippen molar-refractivity contribution in [2.75, 3.05) is 0 Å². The topological polar surface area (TPSA) is 123 Å². The number of aliphatic hydroxyl groups excluding tert-OH is 1. The van der Waals surface area contributed by atoms with Crippen LogP contribution in [0.1, 0.15) is 53.9 Å². The number of nitrogens with one attached hydrogen (secondary N) is 1. The van der Waals surface area contributed by atoms with Crippen LogP contribution in [0.3, 0.4) is 0 Å². The van der Waals surface area contributed by atoms with Crippen molar-refractivity contribution in [2.45, 2.75) is 57.5 Å². The minimum atomic E-state index is -0.995. The highest BCUT2D eigenvalue weighted by Crippen LogP contribution is 2.39. The van der Waals surface area contributed by atoms with Gasteiger partial charge >= 0.3 is 5.97 Å². The normalized spacial score (nSPS) is 18.1. The smallest absolute Gasteiger partial charge is 0.303 e. The second kappa shape index (κ2) is 13.9. The maximum Gasteiger partial charge on any atom is 0.303 e. The van der Waals surface area contributed by atoms with Crippen molar-refractivity contribution in [1.29, 1.82) is 0 Å². The van der Waals surface area contributed by atoms with E-state index in [0.29, 0.717) is 19.5 Å². The van der Waals surface area contributed by atoms with Crippen molar-refractivity contribution >= 4 is 22.9 Å². The molecule has 0 aliphatic carbocycles. The van der Waals surface area contributed by atoms with Gasteiger partial charge in [0.25, 0.3) is 0 Å². The summed E-state index contributed by atoms with van der Waals surface area (Å²) < 4.78 is 15.3. The fraction of sp³-hybridized carbons (Fsp3) is 0.250. The Balaban J connectivity index is 1.23. The SMILES string of the molecule is O=C(O)CCC(=O)NCc1cccc(-c2cccc(C3OC(Cn4cnc5ccccc54)CC(c4ccc(CO)cc4)O3)c2)c1. The molecule has 1 aliphatic heterocycles. The standard InChI is InChI=1S/C36H35N3O6/c40-22-24-11-13-26(14-12-24)33-19-30(21-39-23-38-31-9-1-2-10-32(31)39)44-36(45-33)29-8-4-7-28(18-29)27-6-3-5-25(17-27)20-37-34(41)15-16-35(42)43/h1-14,17-18,23,30,33,36,40H,15-16,19-22H2,(H,37,41)(H,42,43). The first-order chi connectivity index (χ1) is 21.9. The van der Waals surface area contributed by atoms with Gasteiger partial charge in [0, 0.05) is 24.9 Å². The summed E-state index contributed by atoms with van der Waals surface area (Å²) in [4.78, 5) is 27.3. The number of para-hydroxylation sites is 2. The Morgan fingerprint density at radius 2 is 1.62 bits per heavy atom. The molecule has 5 aromatic rings. The largest absolute Gasteiger partial charge is 0.481 e. The summed E-state index contributed by atoms with van der Waals surface area (Å²) in [5.74, 6) is -1.29. The molecule has 1 aromatic heterocycles. The predicted octanol–water partition coefficient (Wildman–Crippen LogP) is 5.92. The highest BCUT2D eigenvalue weighted by atomic mass is 16.7. The first-order valence-corrected chi connectivity index (χ1v) is 15.0. The number of fused-ring (bicyclic) bond motifs is 1. The number of aliphatic hydroxyl groups is 1. The van der Waals surface area contributed by atoms with Gasteiger partial charge in [0.15, 0.2) is 6.29 Å². The number of ether oxygens (including phenoxy) is 2.